The van der Waals surface area contributed by atoms with Crippen LogP contribution in [0, 0.1) is 0 Å². The van der Waals surface area contributed by atoms with Gasteiger partial charge in [-0.1, -0.05) is 55.8 Å². The molecule has 1 unspecified atom stereocenters. The Labute approximate surface area is 223 Å². The molecule has 0 aromatic heterocycles. The van der Waals surface area contributed by atoms with Crippen LogP contribution >= 0.6 is 11.6 Å². The van der Waals surface area contributed by atoms with E-state index in [2.05, 4.69) is 5.32 Å². The Balaban J connectivity index is 1.73. The molecule has 4 rings (SSSR count). The zero-order valence-electron chi connectivity index (χ0n) is 20.9. The molecule has 1 aliphatic rings. The maximum absolute atomic E-state index is 13.8. The third-order valence-electron chi connectivity index (χ3n) is 6.27. The second kappa shape index (κ2) is 11.5. The van der Waals surface area contributed by atoms with E-state index in [4.69, 9.17) is 11.6 Å². The van der Waals surface area contributed by atoms with Gasteiger partial charge in [0.2, 0.25) is 15.9 Å². The lowest BCUT2D eigenvalue weighted by Gasteiger charge is -2.31. The van der Waals surface area contributed by atoms with E-state index in [1.54, 1.807) is 18.2 Å². The van der Waals surface area contributed by atoms with E-state index >= 15 is 0 Å². The van der Waals surface area contributed by atoms with Crippen LogP contribution in [-0.2, 0) is 14.8 Å². The Hall–Kier alpha value is -3.20. The van der Waals surface area contributed by atoms with Crippen LogP contribution in [0.15, 0.2) is 77.7 Å². The minimum Gasteiger partial charge on any atom is -0.324 e. The second-order valence-electron chi connectivity index (χ2n) is 8.95. The van der Waals surface area contributed by atoms with Crippen LogP contribution in [0.4, 0.5) is 5.69 Å². The minimum atomic E-state index is -3.68. The molecular weight excluding hydrogens is 510 g/mol. The van der Waals surface area contributed by atoms with Gasteiger partial charge in [-0.3, -0.25) is 9.59 Å². The fourth-order valence-corrected chi connectivity index (χ4v) is 6.40. The Morgan fingerprint density at radius 3 is 2.27 bits per heavy atom. The van der Waals surface area contributed by atoms with E-state index in [-0.39, 0.29) is 28.8 Å². The molecule has 1 N–H and O–H groups in total. The van der Waals surface area contributed by atoms with Crippen molar-refractivity contribution in [1.29, 1.82) is 0 Å². The number of benzene rings is 3. The zero-order chi connectivity index (χ0) is 26.6. The van der Waals surface area contributed by atoms with Crippen LogP contribution in [0.3, 0.4) is 0 Å². The first-order chi connectivity index (χ1) is 17.8. The van der Waals surface area contributed by atoms with E-state index in [1.807, 2.05) is 44.2 Å². The van der Waals surface area contributed by atoms with Crippen LogP contribution < -0.4 is 5.32 Å². The molecule has 0 spiro atoms. The molecule has 0 saturated heterocycles. The normalized spacial score (nSPS) is 15.7. The first kappa shape index (κ1) is 26.9. The molecule has 0 saturated carbocycles. The lowest BCUT2D eigenvalue weighted by atomic mass is 9.95. The van der Waals surface area contributed by atoms with Crippen molar-refractivity contribution in [2.45, 2.75) is 37.6 Å². The number of sulfonamides is 1. The van der Waals surface area contributed by atoms with Gasteiger partial charge in [-0.2, -0.15) is 4.31 Å². The standard InChI is InChI=1S/C28H30ClN3O4S/c1-3-16-31(17-4-2)37(35,36)23-13-10-21(11-14-23)28(34)32-19-26(33)30-25-15-12-22(29)18-24(25)27(32)20-8-6-5-7-9-20/h5-15,18,27H,3-4,16-17,19H2,1-2H3,(H,30,33). The van der Waals surface area contributed by atoms with Crippen LogP contribution in [0.2, 0.25) is 5.02 Å². The van der Waals surface area contributed by atoms with E-state index in [1.165, 1.54) is 33.5 Å². The summed E-state index contributed by atoms with van der Waals surface area (Å²) in [7, 11) is -3.68. The molecule has 37 heavy (non-hydrogen) atoms. The Morgan fingerprint density at radius 2 is 1.65 bits per heavy atom. The number of nitrogens with one attached hydrogen (secondary N) is 1. The number of hydrogen-bond acceptors (Lipinski definition) is 4. The van der Waals surface area contributed by atoms with Crippen molar-refractivity contribution >= 4 is 39.1 Å². The van der Waals surface area contributed by atoms with Gasteiger partial charge >= 0.3 is 0 Å². The van der Waals surface area contributed by atoms with Gasteiger partial charge in [0.1, 0.15) is 6.54 Å². The summed E-state index contributed by atoms with van der Waals surface area (Å²) >= 11 is 6.32. The molecule has 2 amide bonds. The summed E-state index contributed by atoms with van der Waals surface area (Å²) in [5, 5.41) is 3.36. The van der Waals surface area contributed by atoms with E-state index in [0.717, 1.165) is 5.56 Å². The number of fused-ring (bicyclic) bond motifs is 1. The molecule has 1 atom stereocenters. The van der Waals surface area contributed by atoms with Gasteiger partial charge in [0.05, 0.1) is 10.9 Å². The molecule has 3 aromatic carbocycles. The lowest BCUT2D eigenvalue weighted by Crippen LogP contribution is -2.39. The largest absolute Gasteiger partial charge is 0.324 e. The van der Waals surface area contributed by atoms with E-state index < -0.39 is 16.1 Å². The van der Waals surface area contributed by atoms with Crippen molar-refractivity contribution in [2.24, 2.45) is 0 Å². The monoisotopic (exact) mass is 539 g/mol. The van der Waals surface area contributed by atoms with Gasteiger partial charge in [0, 0.05) is 34.9 Å². The van der Waals surface area contributed by atoms with Gasteiger partial charge in [-0.15, -0.1) is 0 Å². The molecular formula is C28H30ClN3O4S. The maximum Gasteiger partial charge on any atom is 0.255 e. The second-order valence-corrected chi connectivity index (χ2v) is 11.3. The SMILES string of the molecule is CCCN(CCC)S(=O)(=O)c1ccc(C(=O)N2CC(=O)Nc3ccc(Cl)cc3C2c2ccccc2)cc1. The molecule has 0 radical (unpaired) electrons. The highest BCUT2D eigenvalue weighted by Crippen LogP contribution is 2.38. The Kier molecular flexibility index (Phi) is 8.32. The molecule has 194 valence electrons. The first-order valence-corrected chi connectivity index (χ1v) is 14.1. The minimum absolute atomic E-state index is 0.135. The predicted octanol–water partition coefficient (Wildman–Crippen LogP) is 5.33. The number of carbonyl (C=O) groups is 2. The first-order valence-electron chi connectivity index (χ1n) is 12.3. The highest BCUT2D eigenvalue weighted by molar-refractivity contribution is 7.89. The van der Waals surface area contributed by atoms with Crippen molar-refractivity contribution in [3.8, 4) is 0 Å². The van der Waals surface area contributed by atoms with Crippen molar-refractivity contribution in [1.82, 2.24) is 9.21 Å². The maximum atomic E-state index is 13.8. The molecule has 1 heterocycles. The summed E-state index contributed by atoms with van der Waals surface area (Å²) < 4.78 is 27.8. The molecule has 9 heteroatoms. The zero-order valence-corrected chi connectivity index (χ0v) is 22.4. The van der Waals surface area contributed by atoms with Crippen molar-refractivity contribution in [3.05, 3.63) is 94.5 Å². The van der Waals surface area contributed by atoms with Crippen molar-refractivity contribution < 1.29 is 18.0 Å². The van der Waals surface area contributed by atoms with Gasteiger partial charge < -0.3 is 10.2 Å². The summed E-state index contributed by atoms with van der Waals surface area (Å²) in [4.78, 5) is 28.3. The molecule has 0 aliphatic carbocycles. The van der Waals surface area contributed by atoms with E-state index in [9.17, 15) is 18.0 Å². The quantitative estimate of drug-likeness (QED) is 0.419. The van der Waals surface area contributed by atoms with Crippen LogP contribution in [0.5, 0.6) is 0 Å². The summed E-state index contributed by atoms with van der Waals surface area (Å²) in [5.74, 6) is -0.718. The topological polar surface area (TPSA) is 86.8 Å². The van der Waals surface area contributed by atoms with Crippen LogP contribution in [0.1, 0.15) is 54.2 Å². The Bertz CT molecular complexity index is 1370. The number of amides is 2. The third kappa shape index (κ3) is 5.71. The summed E-state index contributed by atoms with van der Waals surface area (Å²) in [5.41, 5.74) is 2.40. The molecule has 0 fully saturated rings. The highest BCUT2D eigenvalue weighted by Gasteiger charge is 2.34. The fraction of sp³-hybridized carbons (Fsp3) is 0.286. The number of hydrogen-bond donors (Lipinski definition) is 1. The van der Waals surface area contributed by atoms with Gasteiger partial charge in [0.25, 0.3) is 5.91 Å². The van der Waals surface area contributed by atoms with Gasteiger partial charge in [0.15, 0.2) is 0 Å². The predicted molar refractivity (Wildman–Crippen MR) is 145 cm³/mol. The molecule has 3 aromatic rings. The molecule has 0 bridgehead atoms. The molecule has 1 aliphatic heterocycles. The number of anilines is 1. The van der Waals surface area contributed by atoms with Crippen molar-refractivity contribution in [3.63, 3.8) is 0 Å². The summed E-state index contributed by atoms with van der Waals surface area (Å²) in [6.45, 7) is 4.56. The van der Waals surface area contributed by atoms with Crippen molar-refractivity contribution in [2.75, 3.05) is 25.0 Å². The van der Waals surface area contributed by atoms with Gasteiger partial charge in [-0.05, 0) is 60.9 Å². The average Bonchev–Trinajstić information content (AvgIpc) is 3.04. The summed E-state index contributed by atoms with van der Waals surface area (Å²) in [6, 6.07) is 20.0. The third-order valence-corrected chi connectivity index (χ3v) is 8.42. The average molecular weight is 540 g/mol. The Morgan fingerprint density at radius 1 is 1.00 bits per heavy atom. The van der Waals surface area contributed by atoms with Crippen LogP contribution in [0.25, 0.3) is 0 Å². The summed E-state index contributed by atoms with van der Waals surface area (Å²) in [6.07, 6.45) is 1.42. The number of nitrogens with zero attached hydrogens (tertiary/aromatic N) is 2. The number of halogens is 1. The van der Waals surface area contributed by atoms with E-state index in [0.29, 0.717) is 42.2 Å². The number of carbonyl (C=O) groups excluding carboxylic acids is 2. The fourth-order valence-electron chi connectivity index (χ4n) is 4.60. The molecule has 7 nitrogen and oxygen atoms in total. The lowest BCUT2D eigenvalue weighted by molar-refractivity contribution is -0.117. The smallest absolute Gasteiger partial charge is 0.255 e. The van der Waals surface area contributed by atoms with Crippen LogP contribution in [-0.4, -0.2) is 49.1 Å². The van der Waals surface area contributed by atoms with Gasteiger partial charge in [-0.25, -0.2) is 8.42 Å². The number of rotatable bonds is 8. The highest BCUT2D eigenvalue weighted by atomic mass is 35.5.